The highest BCUT2D eigenvalue weighted by Gasteiger charge is 2.23. The lowest BCUT2D eigenvalue weighted by molar-refractivity contribution is 0.198. The summed E-state index contributed by atoms with van der Waals surface area (Å²) in [5.74, 6) is 0.812. The summed E-state index contributed by atoms with van der Waals surface area (Å²) in [4.78, 5) is 24.4. The number of hydrogen-bond acceptors (Lipinski definition) is 5. The van der Waals surface area contributed by atoms with E-state index in [-0.39, 0.29) is 11.8 Å². The summed E-state index contributed by atoms with van der Waals surface area (Å²) >= 11 is 0. The zero-order valence-corrected chi connectivity index (χ0v) is 16.3. The van der Waals surface area contributed by atoms with Gasteiger partial charge < -0.3 is 10.0 Å². The number of rotatable bonds is 2. The average molecular weight is 385 g/mol. The summed E-state index contributed by atoms with van der Waals surface area (Å²) < 4.78 is 3.28. The van der Waals surface area contributed by atoms with Crippen molar-refractivity contribution in [3.63, 3.8) is 0 Å². The topological polar surface area (TPSA) is 76.2 Å². The molecule has 1 aromatic carbocycles. The third-order valence-corrected chi connectivity index (χ3v) is 5.68. The predicted molar refractivity (Wildman–Crippen MR) is 115 cm³/mol. The van der Waals surface area contributed by atoms with Gasteiger partial charge in [0.1, 0.15) is 13.7 Å². The van der Waals surface area contributed by atoms with E-state index in [2.05, 4.69) is 9.88 Å². The molecule has 1 fully saturated rings. The third-order valence-electron chi connectivity index (χ3n) is 5.68. The van der Waals surface area contributed by atoms with E-state index in [4.69, 9.17) is 12.8 Å². The summed E-state index contributed by atoms with van der Waals surface area (Å²) in [6.45, 7) is 3.25. The molecule has 1 aliphatic rings. The van der Waals surface area contributed by atoms with Crippen LogP contribution in [0.25, 0.3) is 27.6 Å². The van der Waals surface area contributed by atoms with Gasteiger partial charge >= 0.3 is 5.69 Å². The fourth-order valence-corrected chi connectivity index (χ4v) is 4.14. The molecular weight excluding hydrogens is 365 g/mol. The summed E-state index contributed by atoms with van der Waals surface area (Å²) in [5.41, 5.74) is 4.20. The highest BCUT2D eigenvalue weighted by atomic mass is 16.3. The smallest absolute Gasteiger partial charge is 0.333 e. The molecule has 4 heterocycles. The van der Waals surface area contributed by atoms with Gasteiger partial charge in [-0.25, -0.2) is 9.78 Å². The van der Waals surface area contributed by atoms with Crippen molar-refractivity contribution in [2.45, 2.75) is 19.4 Å². The molecule has 144 valence electrons. The average Bonchev–Trinajstić information content (AvgIpc) is 3.24. The van der Waals surface area contributed by atoms with Crippen LogP contribution in [0.2, 0.25) is 0 Å². The van der Waals surface area contributed by atoms with E-state index >= 15 is 0 Å². The Bertz CT molecular complexity index is 1330. The summed E-state index contributed by atoms with van der Waals surface area (Å²) in [6.07, 6.45) is 2.14. The maximum atomic E-state index is 13.1. The first-order chi connectivity index (χ1) is 13.9. The standard InChI is InChI=1S/C21H20BN5O2/c1-12-17(5-6-19(24-12)26-8-7-14(28)11-26)27-20-15-9-13(22)3-4-16(15)23-10-18(20)25(2)21(27)29/h3-6,9-10,14,28H,7-8,11H2,1-2H3/t14-/m0/s1. The van der Waals surface area contributed by atoms with Crippen LogP contribution in [0, 0.1) is 6.92 Å². The normalized spacial score (nSPS) is 16.9. The minimum absolute atomic E-state index is 0.161. The Labute approximate surface area is 168 Å². The zero-order chi connectivity index (χ0) is 20.3. The molecule has 0 spiro atoms. The van der Waals surface area contributed by atoms with Crippen LogP contribution in [0.5, 0.6) is 0 Å². The van der Waals surface area contributed by atoms with Crippen LogP contribution < -0.4 is 16.1 Å². The molecule has 0 bridgehead atoms. The summed E-state index contributed by atoms with van der Waals surface area (Å²) in [5, 5.41) is 10.6. The van der Waals surface area contributed by atoms with E-state index in [1.54, 1.807) is 28.4 Å². The molecule has 0 aliphatic carbocycles. The monoisotopic (exact) mass is 385 g/mol. The van der Waals surface area contributed by atoms with Crippen LogP contribution in [0.4, 0.5) is 5.82 Å². The van der Waals surface area contributed by atoms with Crippen molar-refractivity contribution in [1.82, 2.24) is 19.1 Å². The number of nitrogens with zero attached hydrogens (tertiary/aromatic N) is 5. The van der Waals surface area contributed by atoms with Crippen LogP contribution in [0.15, 0.2) is 41.3 Å². The molecule has 1 N–H and O–H groups in total. The minimum Gasteiger partial charge on any atom is -0.391 e. The lowest BCUT2D eigenvalue weighted by atomic mass is 9.94. The van der Waals surface area contributed by atoms with Crippen molar-refractivity contribution in [3.05, 3.63) is 52.7 Å². The van der Waals surface area contributed by atoms with Gasteiger partial charge in [0.15, 0.2) is 0 Å². The second-order valence-corrected chi connectivity index (χ2v) is 7.61. The fourth-order valence-electron chi connectivity index (χ4n) is 4.14. The van der Waals surface area contributed by atoms with Gasteiger partial charge in [-0.15, -0.1) is 0 Å². The Hall–Kier alpha value is -3.13. The lowest BCUT2D eigenvalue weighted by Gasteiger charge is -2.18. The maximum Gasteiger partial charge on any atom is 0.333 e. The Morgan fingerprint density at radius 2 is 2.07 bits per heavy atom. The van der Waals surface area contributed by atoms with Gasteiger partial charge in [0, 0.05) is 25.5 Å². The summed E-state index contributed by atoms with van der Waals surface area (Å²) in [7, 11) is 7.76. The van der Waals surface area contributed by atoms with E-state index in [1.165, 1.54) is 0 Å². The molecule has 1 saturated heterocycles. The quantitative estimate of drug-likeness (QED) is 0.520. The molecule has 0 saturated carbocycles. The molecule has 1 atom stereocenters. The van der Waals surface area contributed by atoms with E-state index in [9.17, 15) is 9.90 Å². The highest BCUT2D eigenvalue weighted by Crippen LogP contribution is 2.27. The first-order valence-electron chi connectivity index (χ1n) is 9.61. The number of fused-ring (bicyclic) bond motifs is 3. The molecule has 1 aliphatic heterocycles. The van der Waals surface area contributed by atoms with Gasteiger partial charge in [0.2, 0.25) is 0 Å². The van der Waals surface area contributed by atoms with Crippen molar-refractivity contribution >= 4 is 41.1 Å². The second-order valence-electron chi connectivity index (χ2n) is 7.61. The van der Waals surface area contributed by atoms with Gasteiger partial charge in [-0.05, 0) is 31.5 Å². The van der Waals surface area contributed by atoms with Crippen LogP contribution in [0.3, 0.4) is 0 Å². The molecule has 0 unspecified atom stereocenters. The number of anilines is 1. The molecule has 0 amide bonds. The van der Waals surface area contributed by atoms with E-state index < -0.39 is 0 Å². The van der Waals surface area contributed by atoms with Crippen molar-refractivity contribution < 1.29 is 5.11 Å². The molecule has 8 heteroatoms. The Morgan fingerprint density at radius 1 is 1.24 bits per heavy atom. The SMILES string of the molecule is [B]c1ccc2ncc3c(c2c1)n(-c1ccc(N2CC[C@H](O)C2)nc1C)c(=O)n3C. The number of imidazole rings is 1. The Morgan fingerprint density at radius 3 is 2.79 bits per heavy atom. The Kier molecular flexibility index (Phi) is 3.99. The number of hydrogen-bond donors (Lipinski definition) is 1. The summed E-state index contributed by atoms with van der Waals surface area (Å²) in [6, 6.07) is 9.34. The zero-order valence-electron chi connectivity index (χ0n) is 16.3. The first kappa shape index (κ1) is 17.9. The lowest BCUT2D eigenvalue weighted by Crippen LogP contribution is -2.24. The van der Waals surface area contributed by atoms with Gasteiger partial charge in [-0.2, -0.15) is 0 Å². The van der Waals surface area contributed by atoms with E-state index in [0.717, 1.165) is 52.1 Å². The second kappa shape index (κ2) is 6.45. The van der Waals surface area contributed by atoms with Crippen LogP contribution in [-0.2, 0) is 7.05 Å². The maximum absolute atomic E-state index is 13.1. The van der Waals surface area contributed by atoms with Crippen LogP contribution in [0.1, 0.15) is 12.1 Å². The molecule has 29 heavy (non-hydrogen) atoms. The van der Waals surface area contributed by atoms with Gasteiger partial charge in [-0.3, -0.25) is 14.1 Å². The highest BCUT2D eigenvalue weighted by molar-refractivity contribution is 6.33. The Balaban J connectivity index is 1.76. The largest absolute Gasteiger partial charge is 0.391 e. The number of aliphatic hydroxyl groups excluding tert-OH is 1. The van der Waals surface area contributed by atoms with Crippen molar-refractivity contribution in [2.24, 2.45) is 7.05 Å². The number of aliphatic hydroxyl groups is 1. The minimum atomic E-state index is -0.318. The van der Waals surface area contributed by atoms with Crippen molar-refractivity contribution in [3.8, 4) is 5.69 Å². The van der Waals surface area contributed by atoms with Crippen molar-refractivity contribution in [2.75, 3.05) is 18.0 Å². The van der Waals surface area contributed by atoms with E-state index in [1.807, 2.05) is 31.2 Å². The molecule has 5 rings (SSSR count). The molecule has 7 nitrogen and oxygen atoms in total. The van der Waals surface area contributed by atoms with Gasteiger partial charge in [-0.1, -0.05) is 17.6 Å². The van der Waals surface area contributed by atoms with Gasteiger partial charge in [0.25, 0.3) is 0 Å². The number of benzene rings is 1. The predicted octanol–water partition coefficient (Wildman–Crippen LogP) is 0.946. The first-order valence-corrected chi connectivity index (χ1v) is 9.61. The third kappa shape index (κ3) is 2.74. The van der Waals surface area contributed by atoms with Crippen LogP contribution >= 0.6 is 0 Å². The number of aryl methyl sites for hydroxylation is 2. The molecular formula is C21H20BN5O2. The number of aromatic nitrogens is 4. The van der Waals surface area contributed by atoms with Gasteiger partial charge in [0.05, 0.1) is 40.2 Å². The van der Waals surface area contributed by atoms with E-state index in [0.29, 0.717) is 12.0 Å². The molecule has 3 aromatic heterocycles. The van der Waals surface area contributed by atoms with Crippen molar-refractivity contribution in [1.29, 1.82) is 0 Å². The molecule has 2 radical (unpaired) electrons. The number of pyridine rings is 2. The van der Waals surface area contributed by atoms with Crippen LogP contribution in [-0.4, -0.2) is 51.2 Å². The fraction of sp³-hybridized carbons (Fsp3) is 0.286. The molecule has 4 aromatic rings. The number of β-amino-alcohol motifs (C(OH)–C–C–N with tert-alkyl or cyclic N) is 1.